The Kier molecular flexibility index (Phi) is 8.91. The summed E-state index contributed by atoms with van der Waals surface area (Å²) < 4.78 is 0. The van der Waals surface area contributed by atoms with E-state index in [1.165, 1.54) is 0 Å². The van der Waals surface area contributed by atoms with E-state index in [0.29, 0.717) is 10.0 Å². The first kappa shape index (κ1) is 13.5. The Balaban J connectivity index is 0. The van der Waals surface area contributed by atoms with E-state index in [9.17, 15) is 0 Å². The van der Waals surface area contributed by atoms with Crippen LogP contribution in [0.1, 0.15) is 0 Å². The average molecular weight is 292 g/mol. The van der Waals surface area contributed by atoms with Gasteiger partial charge in [-0.3, -0.25) is 0 Å². The first-order chi connectivity index (χ1) is 3.79. The summed E-state index contributed by atoms with van der Waals surface area (Å²) in [6, 6.07) is 7.94. The van der Waals surface area contributed by atoms with Crippen molar-refractivity contribution in [2.24, 2.45) is 0 Å². The Morgan fingerprint density at radius 3 is 1.70 bits per heavy atom. The molecule has 0 amide bonds. The number of hydrogen-bond donors (Lipinski definition) is 0. The van der Waals surface area contributed by atoms with E-state index in [0.717, 1.165) is 0 Å². The maximum atomic E-state index is 5.50. The van der Waals surface area contributed by atoms with E-state index in [-0.39, 0.29) is 36.5 Å². The number of rotatable bonds is 0. The molecule has 0 unspecified atom stereocenters. The van der Waals surface area contributed by atoms with Gasteiger partial charge in [0.2, 0.25) is 0 Å². The molecule has 0 atom stereocenters. The van der Waals surface area contributed by atoms with E-state index >= 15 is 0 Å². The second-order valence-electron chi connectivity index (χ2n) is 1.35. The van der Waals surface area contributed by atoms with Gasteiger partial charge in [0.15, 0.2) is 0 Å². The summed E-state index contributed by atoms with van der Waals surface area (Å²) in [5, 5.41) is 1.11. The fraction of sp³-hybridized carbons (Fsp3) is 0. The van der Waals surface area contributed by atoms with Crippen molar-refractivity contribution in [3.05, 3.63) is 34.3 Å². The summed E-state index contributed by atoms with van der Waals surface area (Å²) in [6.07, 6.45) is 0. The van der Waals surface area contributed by atoms with Crippen LogP contribution in [0.5, 0.6) is 0 Å². The topological polar surface area (TPSA) is 0 Å². The van der Waals surface area contributed by atoms with Crippen LogP contribution in [0.3, 0.4) is 0 Å². The largest absolute Gasteiger partial charge is 0.170 e. The van der Waals surface area contributed by atoms with Crippen molar-refractivity contribution >= 4 is 40.2 Å². The molecule has 0 spiro atoms. The maximum Gasteiger partial charge on any atom is 0 e. The van der Waals surface area contributed by atoms with Gasteiger partial charge in [-0.1, -0.05) is 10.0 Å². The third kappa shape index (κ3) is 4.68. The molecule has 52 valence electrons. The molecule has 0 radical (unpaired) electrons. The van der Waals surface area contributed by atoms with E-state index < -0.39 is 0 Å². The van der Waals surface area contributed by atoms with E-state index in [1.54, 1.807) is 18.2 Å². The zero-order valence-corrected chi connectivity index (χ0v) is 11.3. The van der Waals surface area contributed by atoms with E-state index in [2.05, 4.69) is 6.07 Å². The van der Waals surface area contributed by atoms with Crippen LogP contribution in [-0.2, 0) is 19.5 Å². The maximum absolute atomic E-state index is 5.50. The molecule has 4 heteroatoms. The molecule has 0 aliphatic carbocycles. The SMILES string of the molecule is Br.Clc1[c-]c(Cl)ccc1.[Zn]. The molecule has 0 N–H and O–H groups in total. The van der Waals surface area contributed by atoms with Crippen LogP contribution in [0.4, 0.5) is 0 Å². The molecule has 1 aromatic carbocycles. The molecule has 0 aliphatic rings. The van der Waals surface area contributed by atoms with Crippen LogP contribution in [0.15, 0.2) is 18.2 Å². The van der Waals surface area contributed by atoms with Crippen LogP contribution < -0.4 is 0 Å². The predicted octanol–water partition coefficient (Wildman–Crippen LogP) is 3.37. The minimum atomic E-state index is 0. The molecule has 0 nitrogen and oxygen atoms in total. The van der Waals surface area contributed by atoms with Gasteiger partial charge >= 0.3 is 0 Å². The van der Waals surface area contributed by atoms with Crippen LogP contribution >= 0.6 is 40.2 Å². The standard InChI is InChI=1S/C6H3Cl2.BrH.Zn/c7-5-2-1-3-6(8)4-5;;/h1-3H;1H;/q-1;;. The van der Waals surface area contributed by atoms with Crippen LogP contribution in [-0.4, -0.2) is 0 Å². The van der Waals surface area contributed by atoms with Gasteiger partial charge < -0.3 is 0 Å². The van der Waals surface area contributed by atoms with Crippen LogP contribution in [0, 0.1) is 6.07 Å². The Labute approximate surface area is 93.4 Å². The Bertz CT molecular complexity index is 176. The molecular formula is C6H4BrCl2Zn-. The Hall–Kier alpha value is 0.903. The van der Waals surface area contributed by atoms with Crippen molar-refractivity contribution in [1.29, 1.82) is 0 Å². The molecule has 1 aromatic rings. The molecular weight excluding hydrogens is 288 g/mol. The average Bonchev–Trinajstić information content (AvgIpc) is 1.64. The summed E-state index contributed by atoms with van der Waals surface area (Å²) in [4.78, 5) is 0. The van der Waals surface area contributed by atoms with Gasteiger partial charge in [-0.05, 0) is 0 Å². The van der Waals surface area contributed by atoms with Crippen molar-refractivity contribution in [3.63, 3.8) is 0 Å². The second-order valence-corrected chi connectivity index (χ2v) is 2.16. The van der Waals surface area contributed by atoms with Crippen LogP contribution in [0.25, 0.3) is 0 Å². The van der Waals surface area contributed by atoms with E-state index in [1.807, 2.05) is 0 Å². The van der Waals surface area contributed by atoms with Gasteiger partial charge in [0.05, 0.1) is 0 Å². The molecule has 10 heavy (non-hydrogen) atoms. The van der Waals surface area contributed by atoms with Crippen LogP contribution in [0.2, 0.25) is 10.0 Å². The van der Waals surface area contributed by atoms with Crippen molar-refractivity contribution in [2.45, 2.75) is 0 Å². The summed E-state index contributed by atoms with van der Waals surface area (Å²) in [5.41, 5.74) is 0. The monoisotopic (exact) mass is 289 g/mol. The van der Waals surface area contributed by atoms with Gasteiger partial charge in [0.25, 0.3) is 0 Å². The molecule has 0 saturated heterocycles. The molecule has 0 saturated carbocycles. The first-order valence-electron chi connectivity index (χ1n) is 2.12. The third-order valence-corrected chi connectivity index (χ3v) is 1.16. The van der Waals surface area contributed by atoms with E-state index in [4.69, 9.17) is 23.2 Å². The summed E-state index contributed by atoms with van der Waals surface area (Å²) in [6.45, 7) is 0. The molecule has 0 fully saturated rings. The first-order valence-corrected chi connectivity index (χ1v) is 2.88. The molecule has 0 aliphatic heterocycles. The van der Waals surface area contributed by atoms with Gasteiger partial charge in [-0.15, -0.1) is 46.2 Å². The van der Waals surface area contributed by atoms with Gasteiger partial charge in [-0.25, -0.2) is 0 Å². The molecule has 0 heterocycles. The number of hydrogen-bond acceptors (Lipinski definition) is 0. The van der Waals surface area contributed by atoms with Crippen molar-refractivity contribution in [1.82, 2.24) is 0 Å². The molecule has 0 bridgehead atoms. The van der Waals surface area contributed by atoms with Crippen molar-refractivity contribution in [3.8, 4) is 0 Å². The minimum absolute atomic E-state index is 0. The molecule has 0 aromatic heterocycles. The third-order valence-electron chi connectivity index (χ3n) is 0.724. The number of benzene rings is 1. The molecule has 1 rings (SSSR count). The van der Waals surface area contributed by atoms with Crippen molar-refractivity contribution in [2.75, 3.05) is 0 Å². The predicted molar refractivity (Wildman–Crippen MR) is 45.6 cm³/mol. The Morgan fingerprint density at radius 1 is 1.10 bits per heavy atom. The van der Waals surface area contributed by atoms with Gasteiger partial charge in [0, 0.05) is 19.5 Å². The van der Waals surface area contributed by atoms with Gasteiger partial charge in [-0.2, -0.15) is 18.2 Å². The fourth-order valence-corrected chi connectivity index (χ4v) is 0.812. The summed E-state index contributed by atoms with van der Waals surface area (Å²) in [7, 11) is 0. The van der Waals surface area contributed by atoms with Gasteiger partial charge in [0.1, 0.15) is 0 Å². The summed E-state index contributed by atoms with van der Waals surface area (Å²) in [5.74, 6) is 0. The zero-order chi connectivity index (χ0) is 5.98. The smallest absolute Gasteiger partial charge is 0 e. The normalized spacial score (nSPS) is 7.40. The minimum Gasteiger partial charge on any atom is -0.170 e. The quantitative estimate of drug-likeness (QED) is 0.508. The fourth-order valence-electron chi connectivity index (χ4n) is 0.414. The Morgan fingerprint density at radius 2 is 1.50 bits per heavy atom. The summed E-state index contributed by atoms with van der Waals surface area (Å²) >= 11 is 11.0. The second kappa shape index (κ2) is 6.60. The van der Waals surface area contributed by atoms with Crippen molar-refractivity contribution < 1.29 is 19.5 Å². The zero-order valence-electron chi connectivity index (χ0n) is 5.10. The number of halogens is 3.